The largest absolute Gasteiger partial charge is 0.475 e. The molecular formula is C8H9BrO5. The van der Waals surface area contributed by atoms with Crippen LogP contribution >= 0.6 is 15.9 Å². The van der Waals surface area contributed by atoms with Crippen LogP contribution in [0.4, 0.5) is 0 Å². The highest BCUT2D eigenvalue weighted by molar-refractivity contribution is 9.09. The van der Waals surface area contributed by atoms with E-state index in [9.17, 15) is 15.0 Å². The molecule has 2 unspecified atom stereocenters. The molecule has 0 spiro atoms. The average molecular weight is 265 g/mol. The molecule has 1 rings (SSSR count). The number of aliphatic hydroxyl groups is 2. The third-order valence-electron chi connectivity index (χ3n) is 1.65. The molecule has 0 saturated heterocycles. The molecule has 0 aliphatic heterocycles. The maximum absolute atomic E-state index is 10.4. The summed E-state index contributed by atoms with van der Waals surface area (Å²) in [5.41, 5.74) is 0. The van der Waals surface area contributed by atoms with E-state index in [0.29, 0.717) is 0 Å². The topological polar surface area (TPSA) is 90.9 Å². The van der Waals surface area contributed by atoms with Crippen LogP contribution in [-0.4, -0.2) is 32.7 Å². The van der Waals surface area contributed by atoms with Gasteiger partial charge in [-0.3, -0.25) is 0 Å². The zero-order chi connectivity index (χ0) is 10.7. The highest BCUT2D eigenvalue weighted by atomic mass is 79.9. The highest BCUT2D eigenvalue weighted by Gasteiger charge is 2.21. The lowest BCUT2D eigenvalue weighted by molar-refractivity contribution is 0.0190. The summed E-state index contributed by atoms with van der Waals surface area (Å²) < 4.78 is 4.80. The van der Waals surface area contributed by atoms with Crippen LogP contribution in [0.2, 0.25) is 0 Å². The van der Waals surface area contributed by atoms with Crippen molar-refractivity contribution in [2.24, 2.45) is 0 Å². The average Bonchev–Trinajstić information content (AvgIpc) is 2.64. The van der Waals surface area contributed by atoms with Crippen LogP contribution in [0.15, 0.2) is 16.5 Å². The molecule has 78 valence electrons. The van der Waals surface area contributed by atoms with Gasteiger partial charge in [0.2, 0.25) is 5.76 Å². The molecule has 0 aromatic carbocycles. The third kappa shape index (κ3) is 2.34. The molecule has 1 aromatic rings. The fraction of sp³-hybridized carbons (Fsp3) is 0.375. The molecule has 0 aliphatic carbocycles. The molecule has 0 saturated carbocycles. The van der Waals surface area contributed by atoms with Gasteiger partial charge in [0, 0.05) is 5.33 Å². The molecule has 1 heterocycles. The van der Waals surface area contributed by atoms with Crippen molar-refractivity contribution in [1.82, 2.24) is 0 Å². The van der Waals surface area contributed by atoms with Gasteiger partial charge in [0.05, 0.1) is 6.10 Å². The monoisotopic (exact) mass is 264 g/mol. The Hall–Kier alpha value is -0.850. The van der Waals surface area contributed by atoms with Gasteiger partial charge in [0.25, 0.3) is 0 Å². The minimum Gasteiger partial charge on any atom is -0.475 e. The zero-order valence-electron chi connectivity index (χ0n) is 7.05. The summed E-state index contributed by atoms with van der Waals surface area (Å²) in [4.78, 5) is 10.4. The number of halogens is 1. The predicted octanol–water partition coefficient (Wildman–Crippen LogP) is 0.767. The van der Waals surface area contributed by atoms with Crippen LogP contribution in [-0.2, 0) is 0 Å². The number of carboxylic acid groups (broad SMARTS) is 1. The Balaban J connectivity index is 2.81. The molecule has 0 amide bonds. The van der Waals surface area contributed by atoms with Crippen LogP contribution in [0.3, 0.4) is 0 Å². The first kappa shape index (κ1) is 11.2. The van der Waals surface area contributed by atoms with Crippen LogP contribution in [0.1, 0.15) is 22.4 Å². The van der Waals surface area contributed by atoms with Gasteiger partial charge >= 0.3 is 5.97 Å². The lowest BCUT2D eigenvalue weighted by atomic mass is 10.2. The summed E-state index contributed by atoms with van der Waals surface area (Å²) in [6.45, 7) is 0. The third-order valence-corrected chi connectivity index (χ3v) is 2.32. The second-order valence-electron chi connectivity index (χ2n) is 2.67. The second kappa shape index (κ2) is 4.59. The van der Waals surface area contributed by atoms with E-state index < -0.39 is 18.2 Å². The van der Waals surface area contributed by atoms with Crippen molar-refractivity contribution in [3.05, 3.63) is 23.7 Å². The number of carboxylic acids is 1. The molecular weight excluding hydrogens is 256 g/mol. The molecule has 14 heavy (non-hydrogen) atoms. The smallest absolute Gasteiger partial charge is 0.371 e. The summed E-state index contributed by atoms with van der Waals surface area (Å²) in [5.74, 6) is -1.44. The van der Waals surface area contributed by atoms with Crippen molar-refractivity contribution < 1.29 is 24.5 Å². The van der Waals surface area contributed by atoms with E-state index in [2.05, 4.69) is 15.9 Å². The summed E-state index contributed by atoms with van der Waals surface area (Å²) in [6.07, 6.45) is -2.25. The number of alkyl halides is 1. The Morgan fingerprint density at radius 1 is 1.50 bits per heavy atom. The Morgan fingerprint density at radius 2 is 2.14 bits per heavy atom. The van der Waals surface area contributed by atoms with Crippen molar-refractivity contribution in [2.75, 3.05) is 5.33 Å². The maximum atomic E-state index is 10.4. The van der Waals surface area contributed by atoms with E-state index in [4.69, 9.17) is 9.52 Å². The molecule has 0 fully saturated rings. The Morgan fingerprint density at radius 3 is 2.57 bits per heavy atom. The number of carbonyl (C=O) groups is 1. The molecule has 0 aliphatic rings. The number of furan rings is 1. The molecule has 0 radical (unpaired) electrons. The van der Waals surface area contributed by atoms with Crippen molar-refractivity contribution in [1.29, 1.82) is 0 Å². The van der Waals surface area contributed by atoms with Crippen molar-refractivity contribution in [2.45, 2.75) is 12.2 Å². The minimum atomic E-state index is -1.22. The second-order valence-corrected chi connectivity index (χ2v) is 3.32. The van der Waals surface area contributed by atoms with Crippen molar-refractivity contribution in [3.8, 4) is 0 Å². The predicted molar refractivity (Wildman–Crippen MR) is 50.4 cm³/mol. The number of hydrogen-bond donors (Lipinski definition) is 3. The molecule has 6 heteroatoms. The normalized spacial score (nSPS) is 15.1. The van der Waals surface area contributed by atoms with Gasteiger partial charge in [-0.2, -0.15) is 0 Å². The van der Waals surface area contributed by atoms with Crippen molar-refractivity contribution >= 4 is 21.9 Å². The summed E-state index contributed by atoms with van der Waals surface area (Å²) in [5, 5.41) is 27.3. The number of aliphatic hydroxyl groups excluding tert-OH is 2. The van der Waals surface area contributed by atoms with Gasteiger partial charge < -0.3 is 19.7 Å². The fourth-order valence-electron chi connectivity index (χ4n) is 0.901. The van der Waals surface area contributed by atoms with Gasteiger partial charge in [-0.25, -0.2) is 4.79 Å². The van der Waals surface area contributed by atoms with Gasteiger partial charge in [0.1, 0.15) is 11.9 Å². The van der Waals surface area contributed by atoms with Gasteiger partial charge in [-0.05, 0) is 12.1 Å². The summed E-state index contributed by atoms with van der Waals surface area (Å²) in [7, 11) is 0. The number of rotatable bonds is 4. The van der Waals surface area contributed by atoms with E-state index in [0.717, 1.165) is 0 Å². The first-order valence-electron chi connectivity index (χ1n) is 3.81. The molecule has 3 N–H and O–H groups in total. The molecule has 2 atom stereocenters. The fourth-order valence-corrected chi connectivity index (χ4v) is 1.25. The van der Waals surface area contributed by atoms with E-state index in [1.165, 1.54) is 12.1 Å². The van der Waals surface area contributed by atoms with Gasteiger partial charge in [-0.1, -0.05) is 15.9 Å². The van der Waals surface area contributed by atoms with Crippen LogP contribution in [0.5, 0.6) is 0 Å². The molecule has 5 nitrogen and oxygen atoms in total. The summed E-state index contributed by atoms with van der Waals surface area (Å²) in [6, 6.07) is 2.54. The first-order chi connectivity index (χ1) is 6.56. The lowest BCUT2D eigenvalue weighted by Crippen LogP contribution is -2.18. The molecule has 0 bridgehead atoms. The Bertz CT molecular complexity index is 321. The molecule has 1 aromatic heterocycles. The maximum Gasteiger partial charge on any atom is 0.371 e. The van der Waals surface area contributed by atoms with Crippen LogP contribution < -0.4 is 0 Å². The van der Waals surface area contributed by atoms with E-state index in [1.54, 1.807) is 0 Å². The SMILES string of the molecule is O=C(O)c1ccc(C(O)C(O)CBr)o1. The Kier molecular flexibility index (Phi) is 3.68. The van der Waals surface area contributed by atoms with Gasteiger partial charge in [0.15, 0.2) is 0 Å². The van der Waals surface area contributed by atoms with E-state index in [1.807, 2.05) is 0 Å². The van der Waals surface area contributed by atoms with E-state index in [-0.39, 0.29) is 16.9 Å². The standard InChI is InChI=1S/C8H9BrO5/c9-3-4(10)7(11)5-1-2-6(14-5)8(12)13/h1-2,4,7,10-11H,3H2,(H,12,13). The first-order valence-corrected chi connectivity index (χ1v) is 4.93. The lowest BCUT2D eigenvalue weighted by Gasteiger charge is -2.12. The zero-order valence-corrected chi connectivity index (χ0v) is 8.64. The van der Waals surface area contributed by atoms with Crippen LogP contribution in [0.25, 0.3) is 0 Å². The number of aromatic carboxylic acids is 1. The highest BCUT2D eigenvalue weighted by Crippen LogP contribution is 2.20. The Labute approximate surface area is 88.1 Å². The van der Waals surface area contributed by atoms with Gasteiger partial charge in [-0.15, -0.1) is 0 Å². The van der Waals surface area contributed by atoms with Crippen LogP contribution in [0, 0.1) is 0 Å². The van der Waals surface area contributed by atoms with Crippen molar-refractivity contribution in [3.63, 3.8) is 0 Å². The van der Waals surface area contributed by atoms with E-state index >= 15 is 0 Å². The quantitative estimate of drug-likeness (QED) is 0.699. The minimum absolute atomic E-state index is 0.0364. The summed E-state index contributed by atoms with van der Waals surface area (Å²) >= 11 is 2.98. The number of hydrogen-bond acceptors (Lipinski definition) is 4.